The van der Waals surface area contributed by atoms with Crippen LogP contribution in [0.4, 0.5) is 11.4 Å². The number of ether oxygens (including phenoxy) is 1. The van der Waals surface area contributed by atoms with Crippen molar-refractivity contribution in [2.45, 2.75) is 17.5 Å². The van der Waals surface area contributed by atoms with Crippen LogP contribution in [0.25, 0.3) is 6.08 Å². The Morgan fingerprint density at radius 3 is 2.39 bits per heavy atom. The molecular formula is C34H25BrN2O4. The number of nitrogens with one attached hydrogen (secondary N) is 1. The molecule has 6 nitrogen and oxygen atoms in total. The van der Waals surface area contributed by atoms with Crippen LogP contribution in [0.3, 0.4) is 0 Å². The second-order valence-corrected chi connectivity index (χ2v) is 11.4. The predicted octanol–water partition coefficient (Wildman–Crippen LogP) is 6.31. The fourth-order valence-corrected chi connectivity index (χ4v) is 7.43. The molecule has 1 fully saturated rings. The van der Waals surface area contributed by atoms with E-state index in [0.717, 1.165) is 16.8 Å². The molecule has 4 atom stereocenters. The quantitative estimate of drug-likeness (QED) is 0.270. The highest BCUT2D eigenvalue weighted by molar-refractivity contribution is 9.10. The fraction of sp³-hybridized carbons (Fsp3) is 0.147. The standard InChI is InChI=1S/C34H25BrN2O4/c1-41-27-17-15-22(19-24(27)35)32(39)30-29(31(38)21-10-3-2-4-11-21)34(23-12-6-7-13-25(23)36-33(34)40)28-18-16-20-9-5-8-14-26(20)37(28)30/h2-19,28-30H,1H3,(H,36,40)/t28-,29-,30-,34-/m0/s1. The number of benzene rings is 4. The average molecular weight is 605 g/mol. The molecule has 0 bridgehead atoms. The van der Waals surface area contributed by atoms with Crippen molar-refractivity contribution in [3.63, 3.8) is 0 Å². The Bertz CT molecular complexity index is 1770. The number of hydrogen-bond donors (Lipinski definition) is 1. The van der Waals surface area contributed by atoms with Crippen molar-refractivity contribution < 1.29 is 19.1 Å². The first kappa shape index (κ1) is 25.5. The summed E-state index contributed by atoms with van der Waals surface area (Å²) >= 11 is 3.52. The third kappa shape index (κ3) is 3.58. The van der Waals surface area contributed by atoms with Gasteiger partial charge in [0, 0.05) is 22.5 Å². The number of nitrogens with zero attached hydrogens (tertiary/aromatic N) is 1. The Hall–Kier alpha value is -4.49. The van der Waals surface area contributed by atoms with Gasteiger partial charge in [0.25, 0.3) is 0 Å². The number of hydrogen-bond acceptors (Lipinski definition) is 5. The smallest absolute Gasteiger partial charge is 0.238 e. The molecule has 0 aromatic heterocycles. The first-order valence-electron chi connectivity index (χ1n) is 13.4. The number of amides is 1. The summed E-state index contributed by atoms with van der Waals surface area (Å²) in [6, 6.07) is 27.9. The number of carbonyl (C=O) groups is 3. The highest BCUT2D eigenvalue weighted by Gasteiger charge is 2.70. The largest absolute Gasteiger partial charge is 0.496 e. The van der Waals surface area contributed by atoms with Gasteiger partial charge in [-0.25, -0.2) is 0 Å². The van der Waals surface area contributed by atoms with Gasteiger partial charge >= 0.3 is 0 Å². The van der Waals surface area contributed by atoms with Gasteiger partial charge in [0.15, 0.2) is 11.6 Å². The van der Waals surface area contributed by atoms with Crippen LogP contribution in [0.5, 0.6) is 5.75 Å². The van der Waals surface area contributed by atoms with Gasteiger partial charge in [-0.1, -0.05) is 78.9 Å². The van der Waals surface area contributed by atoms with Crippen LogP contribution in [0.2, 0.25) is 0 Å². The van der Waals surface area contributed by atoms with E-state index in [4.69, 9.17) is 4.74 Å². The number of halogens is 1. The normalized spacial score (nSPS) is 23.5. The molecule has 0 radical (unpaired) electrons. The summed E-state index contributed by atoms with van der Waals surface area (Å²) in [6.07, 6.45) is 3.97. The summed E-state index contributed by atoms with van der Waals surface area (Å²) in [4.78, 5) is 45.8. The van der Waals surface area contributed by atoms with Gasteiger partial charge in [0.1, 0.15) is 17.2 Å². The third-order valence-electron chi connectivity index (χ3n) is 8.59. The zero-order valence-electron chi connectivity index (χ0n) is 22.1. The molecule has 0 saturated carbocycles. The van der Waals surface area contributed by atoms with E-state index in [2.05, 4.69) is 21.2 Å². The van der Waals surface area contributed by atoms with Crippen LogP contribution in [0.15, 0.2) is 108 Å². The lowest BCUT2D eigenvalue weighted by molar-refractivity contribution is -0.121. The number of fused-ring (bicyclic) bond motifs is 6. The lowest BCUT2D eigenvalue weighted by atomic mass is 9.64. The first-order valence-corrected chi connectivity index (χ1v) is 14.2. The van der Waals surface area contributed by atoms with E-state index in [1.54, 1.807) is 49.6 Å². The molecule has 4 aromatic rings. The Morgan fingerprint density at radius 2 is 1.61 bits per heavy atom. The summed E-state index contributed by atoms with van der Waals surface area (Å²) in [5, 5.41) is 3.06. The van der Waals surface area contributed by atoms with E-state index in [-0.39, 0.29) is 17.5 Å². The van der Waals surface area contributed by atoms with E-state index in [1.807, 2.05) is 71.6 Å². The van der Waals surface area contributed by atoms with Gasteiger partial charge in [0.05, 0.1) is 23.5 Å². The van der Waals surface area contributed by atoms with E-state index in [1.165, 1.54) is 0 Å². The van der Waals surface area contributed by atoms with E-state index >= 15 is 0 Å². The monoisotopic (exact) mass is 604 g/mol. The van der Waals surface area contributed by atoms with Gasteiger partial charge in [0.2, 0.25) is 5.91 Å². The molecule has 3 aliphatic heterocycles. The second kappa shape index (κ2) is 9.56. The summed E-state index contributed by atoms with van der Waals surface area (Å²) < 4.78 is 6.03. The van der Waals surface area contributed by atoms with E-state index in [9.17, 15) is 14.4 Å². The molecule has 7 heteroatoms. The van der Waals surface area contributed by atoms with Gasteiger partial charge < -0.3 is 15.0 Å². The number of rotatable bonds is 5. The maximum atomic E-state index is 14.8. The van der Waals surface area contributed by atoms with Gasteiger partial charge in [-0.15, -0.1) is 0 Å². The topological polar surface area (TPSA) is 75.7 Å². The highest BCUT2D eigenvalue weighted by atomic mass is 79.9. The van der Waals surface area contributed by atoms with Crippen molar-refractivity contribution in [1.29, 1.82) is 0 Å². The van der Waals surface area contributed by atoms with Crippen LogP contribution in [-0.2, 0) is 10.2 Å². The minimum atomic E-state index is -1.34. The number of Topliss-reactive ketones (excluding diaryl/α,β-unsaturated/α-hetero) is 2. The maximum Gasteiger partial charge on any atom is 0.238 e. The zero-order chi connectivity index (χ0) is 28.3. The molecule has 3 heterocycles. The van der Waals surface area contributed by atoms with Crippen LogP contribution in [0.1, 0.15) is 31.8 Å². The zero-order valence-corrected chi connectivity index (χ0v) is 23.7. The summed E-state index contributed by atoms with van der Waals surface area (Å²) in [6.45, 7) is 0. The predicted molar refractivity (Wildman–Crippen MR) is 162 cm³/mol. The Balaban J connectivity index is 1.52. The van der Waals surface area contributed by atoms with E-state index in [0.29, 0.717) is 27.0 Å². The van der Waals surface area contributed by atoms with Gasteiger partial charge in [-0.05, 0) is 57.4 Å². The van der Waals surface area contributed by atoms with E-state index < -0.39 is 23.4 Å². The molecule has 1 amide bonds. The van der Waals surface area contributed by atoms with Crippen LogP contribution < -0.4 is 15.0 Å². The Labute approximate surface area is 245 Å². The number of anilines is 2. The van der Waals surface area contributed by atoms with Crippen LogP contribution in [-0.4, -0.2) is 36.7 Å². The minimum absolute atomic E-state index is 0.244. The van der Waals surface area contributed by atoms with Crippen molar-refractivity contribution in [3.05, 3.63) is 130 Å². The lowest BCUT2D eigenvalue weighted by Crippen LogP contribution is -2.51. The molecule has 1 saturated heterocycles. The van der Waals surface area contributed by atoms with Crippen LogP contribution >= 0.6 is 15.9 Å². The second-order valence-electron chi connectivity index (χ2n) is 10.5. The molecular weight excluding hydrogens is 580 g/mol. The molecule has 0 aliphatic carbocycles. The number of para-hydroxylation sites is 2. The van der Waals surface area contributed by atoms with Gasteiger partial charge in [-0.3, -0.25) is 14.4 Å². The highest BCUT2D eigenvalue weighted by Crippen LogP contribution is 2.58. The van der Waals surface area contributed by atoms with Crippen molar-refractivity contribution in [1.82, 2.24) is 0 Å². The summed E-state index contributed by atoms with van der Waals surface area (Å²) in [7, 11) is 1.56. The lowest BCUT2D eigenvalue weighted by Gasteiger charge is -2.37. The summed E-state index contributed by atoms with van der Waals surface area (Å²) in [5.74, 6) is -1.19. The number of carbonyl (C=O) groups excluding carboxylic acids is 3. The molecule has 7 rings (SSSR count). The maximum absolute atomic E-state index is 14.8. The van der Waals surface area contributed by atoms with Crippen molar-refractivity contribution in [2.24, 2.45) is 5.92 Å². The van der Waals surface area contributed by atoms with Gasteiger partial charge in [-0.2, -0.15) is 0 Å². The Kier molecular flexibility index (Phi) is 5.94. The number of ketones is 2. The number of methoxy groups -OCH3 is 1. The van der Waals surface area contributed by atoms with Crippen LogP contribution in [0, 0.1) is 5.92 Å². The molecule has 1 N–H and O–H groups in total. The summed E-state index contributed by atoms with van der Waals surface area (Å²) in [5.41, 5.74) is 2.67. The van der Waals surface area contributed by atoms with Crippen molar-refractivity contribution in [2.75, 3.05) is 17.3 Å². The average Bonchev–Trinajstić information content (AvgIpc) is 3.49. The Morgan fingerprint density at radius 1 is 0.878 bits per heavy atom. The molecule has 202 valence electrons. The third-order valence-corrected chi connectivity index (χ3v) is 9.21. The molecule has 41 heavy (non-hydrogen) atoms. The molecule has 1 spiro atoms. The van der Waals surface area contributed by atoms with Crippen molar-refractivity contribution >= 4 is 50.9 Å². The van der Waals surface area contributed by atoms with Crippen molar-refractivity contribution in [3.8, 4) is 5.75 Å². The molecule has 0 unspecified atom stereocenters. The first-order chi connectivity index (χ1) is 20.0. The molecule has 4 aromatic carbocycles. The fourth-order valence-electron chi connectivity index (χ4n) is 6.89. The minimum Gasteiger partial charge on any atom is -0.496 e. The molecule has 3 aliphatic rings. The SMILES string of the molecule is COc1ccc(C(=O)[C@@H]2[C@@H](C(=O)c3ccccc3)[C@@]3(C(=O)Nc4ccccc43)[C@@H]3C=Cc4ccccc4N23)cc1Br.